The van der Waals surface area contributed by atoms with Crippen LogP contribution in [0.5, 0.6) is 11.6 Å². The number of aromatic nitrogens is 2. The van der Waals surface area contributed by atoms with E-state index in [-0.39, 0.29) is 5.69 Å². The third kappa shape index (κ3) is 2.76. The Morgan fingerprint density at radius 1 is 1.42 bits per heavy atom. The van der Waals surface area contributed by atoms with Gasteiger partial charge < -0.3 is 4.74 Å². The number of nitro benzene ring substituents is 1. The number of hydrogen-bond acceptors (Lipinski definition) is 4. The molecule has 2 rings (SSSR count). The largest absolute Gasteiger partial charge is 0.439 e. The maximum atomic E-state index is 10.6. The number of nitrogens with zero attached hydrogens (tertiary/aromatic N) is 3. The molecule has 0 aliphatic carbocycles. The van der Waals surface area contributed by atoms with Crippen molar-refractivity contribution in [2.24, 2.45) is 7.05 Å². The average Bonchev–Trinajstić information content (AvgIpc) is 2.64. The van der Waals surface area contributed by atoms with E-state index < -0.39 is 4.92 Å². The zero-order valence-corrected chi connectivity index (χ0v) is 12.0. The van der Waals surface area contributed by atoms with Crippen LogP contribution >= 0.6 is 15.9 Å². The van der Waals surface area contributed by atoms with E-state index in [1.165, 1.54) is 12.1 Å². The Kier molecular flexibility index (Phi) is 3.84. The predicted molar refractivity (Wildman–Crippen MR) is 73.7 cm³/mol. The highest BCUT2D eigenvalue weighted by Crippen LogP contribution is 2.29. The molecule has 0 unspecified atom stereocenters. The van der Waals surface area contributed by atoms with Crippen LogP contribution in [0.4, 0.5) is 5.69 Å². The van der Waals surface area contributed by atoms with E-state index in [0.29, 0.717) is 17.0 Å². The van der Waals surface area contributed by atoms with E-state index in [1.807, 2.05) is 6.92 Å². The summed E-state index contributed by atoms with van der Waals surface area (Å²) in [6.07, 6.45) is 0. The van der Waals surface area contributed by atoms with Gasteiger partial charge in [-0.25, -0.2) is 4.68 Å². The Bertz CT molecular complexity index is 607. The average molecular weight is 326 g/mol. The maximum absolute atomic E-state index is 10.6. The third-order valence-electron chi connectivity index (χ3n) is 2.68. The van der Waals surface area contributed by atoms with E-state index >= 15 is 0 Å². The van der Waals surface area contributed by atoms with Crippen LogP contribution < -0.4 is 4.74 Å². The number of hydrogen-bond donors (Lipinski definition) is 0. The van der Waals surface area contributed by atoms with Crippen molar-refractivity contribution in [1.29, 1.82) is 0 Å². The molecule has 6 nitrogen and oxygen atoms in total. The number of aryl methyl sites for hydroxylation is 2. The number of benzene rings is 1. The van der Waals surface area contributed by atoms with Gasteiger partial charge in [-0.1, -0.05) is 15.9 Å². The van der Waals surface area contributed by atoms with Gasteiger partial charge in [0.25, 0.3) is 5.69 Å². The normalized spacial score (nSPS) is 10.5. The molecule has 0 radical (unpaired) electrons. The molecule has 0 bridgehead atoms. The Balaban J connectivity index is 2.28. The fourth-order valence-corrected chi connectivity index (χ4v) is 2.36. The molecule has 1 aromatic carbocycles. The number of ether oxygens (including phenoxy) is 1. The molecule has 0 N–H and O–H groups in total. The summed E-state index contributed by atoms with van der Waals surface area (Å²) < 4.78 is 7.38. The molecule has 0 spiro atoms. The van der Waals surface area contributed by atoms with Gasteiger partial charge in [0.2, 0.25) is 5.88 Å². The second-order valence-electron chi connectivity index (χ2n) is 3.98. The monoisotopic (exact) mass is 325 g/mol. The molecule has 0 amide bonds. The number of alkyl halides is 1. The molecule has 0 saturated heterocycles. The molecule has 1 aromatic heterocycles. The number of nitro groups is 1. The van der Waals surface area contributed by atoms with Gasteiger partial charge in [-0.2, -0.15) is 5.10 Å². The third-order valence-corrected chi connectivity index (χ3v) is 3.25. The summed E-state index contributed by atoms with van der Waals surface area (Å²) in [5, 5.41) is 15.5. The van der Waals surface area contributed by atoms with E-state index in [1.54, 1.807) is 23.9 Å². The van der Waals surface area contributed by atoms with Crippen LogP contribution in [-0.4, -0.2) is 14.7 Å². The Morgan fingerprint density at radius 3 is 2.58 bits per heavy atom. The lowest BCUT2D eigenvalue weighted by Gasteiger charge is -2.07. The zero-order valence-electron chi connectivity index (χ0n) is 10.5. The van der Waals surface area contributed by atoms with Crippen LogP contribution in [0.25, 0.3) is 0 Å². The maximum Gasteiger partial charge on any atom is 0.269 e. The summed E-state index contributed by atoms with van der Waals surface area (Å²) in [6, 6.07) is 5.95. The first-order valence-electron chi connectivity index (χ1n) is 5.53. The van der Waals surface area contributed by atoms with Crippen molar-refractivity contribution in [1.82, 2.24) is 9.78 Å². The summed E-state index contributed by atoms with van der Waals surface area (Å²) in [5.41, 5.74) is 1.88. The minimum Gasteiger partial charge on any atom is -0.439 e. The summed E-state index contributed by atoms with van der Waals surface area (Å²) in [6.45, 7) is 1.90. The highest BCUT2D eigenvalue weighted by Gasteiger charge is 2.14. The molecule has 1 heterocycles. The molecule has 0 aliphatic rings. The lowest BCUT2D eigenvalue weighted by atomic mass is 10.3. The Labute approximate surface area is 118 Å². The first-order chi connectivity index (χ1) is 9.02. The van der Waals surface area contributed by atoms with Crippen molar-refractivity contribution >= 4 is 21.6 Å². The lowest BCUT2D eigenvalue weighted by Crippen LogP contribution is -1.96. The number of halogens is 1. The zero-order chi connectivity index (χ0) is 14.0. The minimum atomic E-state index is -0.443. The Hall–Kier alpha value is -1.89. The van der Waals surface area contributed by atoms with E-state index in [9.17, 15) is 10.1 Å². The van der Waals surface area contributed by atoms with E-state index in [4.69, 9.17) is 4.74 Å². The van der Waals surface area contributed by atoms with Gasteiger partial charge in [0.1, 0.15) is 5.75 Å². The summed E-state index contributed by atoms with van der Waals surface area (Å²) in [4.78, 5) is 10.1. The molecule has 0 aliphatic heterocycles. The van der Waals surface area contributed by atoms with Crippen molar-refractivity contribution < 1.29 is 9.66 Å². The molecule has 0 fully saturated rings. The van der Waals surface area contributed by atoms with Crippen molar-refractivity contribution in [3.8, 4) is 11.6 Å². The second kappa shape index (κ2) is 5.40. The Morgan fingerprint density at radius 2 is 2.05 bits per heavy atom. The summed E-state index contributed by atoms with van der Waals surface area (Å²) in [5.74, 6) is 1.17. The molecule has 7 heteroatoms. The van der Waals surface area contributed by atoms with Crippen LogP contribution in [0.1, 0.15) is 11.3 Å². The molecular formula is C12H12BrN3O3. The quantitative estimate of drug-likeness (QED) is 0.491. The molecule has 2 aromatic rings. The molecule has 19 heavy (non-hydrogen) atoms. The van der Waals surface area contributed by atoms with Gasteiger partial charge in [-0.15, -0.1) is 0 Å². The van der Waals surface area contributed by atoms with Crippen LogP contribution in [0.15, 0.2) is 24.3 Å². The second-order valence-corrected chi connectivity index (χ2v) is 4.54. The van der Waals surface area contributed by atoms with E-state index in [0.717, 1.165) is 11.3 Å². The van der Waals surface area contributed by atoms with Crippen molar-refractivity contribution in [2.45, 2.75) is 12.3 Å². The predicted octanol–water partition coefficient (Wildman–Crippen LogP) is 3.32. The van der Waals surface area contributed by atoms with Gasteiger partial charge in [-0.3, -0.25) is 10.1 Å². The van der Waals surface area contributed by atoms with Crippen LogP contribution in [0, 0.1) is 17.0 Å². The SMILES string of the molecule is Cc1nn(C)c(Oc2ccc([N+](=O)[O-])cc2)c1CBr. The minimum absolute atomic E-state index is 0.0363. The molecular weight excluding hydrogens is 314 g/mol. The van der Waals surface area contributed by atoms with Gasteiger partial charge >= 0.3 is 0 Å². The smallest absolute Gasteiger partial charge is 0.269 e. The summed E-state index contributed by atoms with van der Waals surface area (Å²) in [7, 11) is 1.79. The van der Waals surface area contributed by atoms with Crippen LogP contribution in [-0.2, 0) is 12.4 Å². The molecule has 100 valence electrons. The van der Waals surface area contributed by atoms with Crippen molar-refractivity contribution in [2.75, 3.05) is 0 Å². The highest BCUT2D eigenvalue weighted by molar-refractivity contribution is 9.08. The van der Waals surface area contributed by atoms with Gasteiger partial charge in [0, 0.05) is 30.1 Å². The van der Waals surface area contributed by atoms with Crippen LogP contribution in [0.3, 0.4) is 0 Å². The fraction of sp³-hybridized carbons (Fsp3) is 0.250. The molecule has 0 saturated carbocycles. The van der Waals surface area contributed by atoms with Gasteiger partial charge in [0.05, 0.1) is 10.6 Å². The first kappa shape index (κ1) is 13.5. The standard InChI is InChI=1S/C12H12BrN3O3/c1-8-11(7-13)12(15(2)14-8)19-10-5-3-9(4-6-10)16(17)18/h3-6H,7H2,1-2H3. The van der Waals surface area contributed by atoms with Gasteiger partial charge in [0.15, 0.2) is 0 Å². The first-order valence-corrected chi connectivity index (χ1v) is 6.66. The van der Waals surface area contributed by atoms with Crippen molar-refractivity contribution in [3.05, 3.63) is 45.6 Å². The molecule has 0 atom stereocenters. The topological polar surface area (TPSA) is 70.2 Å². The number of non-ortho nitro benzene ring substituents is 1. The summed E-state index contributed by atoms with van der Waals surface area (Å²) >= 11 is 3.39. The lowest BCUT2D eigenvalue weighted by molar-refractivity contribution is -0.384. The fourth-order valence-electron chi connectivity index (χ4n) is 1.71. The van der Waals surface area contributed by atoms with Gasteiger partial charge in [-0.05, 0) is 19.1 Å². The van der Waals surface area contributed by atoms with Crippen LogP contribution in [0.2, 0.25) is 0 Å². The van der Waals surface area contributed by atoms with E-state index in [2.05, 4.69) is 21.0 Å². The number of rotatable bonds is 4. The highest BCUT2D eigenvalue weighted by atomic mass is 79.9. The van der Waals surface area contributed by atoms with Crippen molar-refractivity contribution in [3.63, 3.8) is 0 Å².